The molecule has 2 N–H and O–H groups in total. The van der Waals surface area contributed by atoms with Crippen molar-refractivity contribution in [1.82, 2.24) is 15.6 Å². The Balaban J connectivity index is 1.89. The Hall–Kier alpha value is -1.14. The molecule has 118 valence electrons. The highest BCUT2D eigenvalue weighted by Crippen LogP contribution is 2.23. The van der Waals surface area contributed by atoms with Crippen LogP contribution in [0.4, 0.5) is 0 Å². The Kier molecular flexibility index (Phi) is 5.99. The maximum Gasteiger partial charge on any atom is 0.191 e. The topological polar surface area (TPSA) is 58.5 Å². The molecule has 21 heavy (non-hydrogen) atoms. The zero-order chi connectivity index (χ0) is 15.1. The second-order valence-corrected chi connectivity index (χ2v) is 6.48. The van der Waals surface area contributed by atoms with Gasteiger partial charge in [0.15, 0.2) is 5.96 Å². The van der Waals surface area contributed by atoms with Crippen LogP contribution >= 0.6 is 11.3 Å². The number of hydrogen-bond donors (Lipinski definition) is 2. The molecule has 0 aliphatic carbocycles. The maximum atomic E-state index is 5.79. The van der Waals surface area contributed by atoms with Gasteiger partial charge in [0.2, 0.25) is 0 Å². The van der Waals surface area contributed by atoms with E-state index >= 15 is 0 Å². The van der Waals surface area contributed by atoms with Crippen LogP contribution in [0.1, 0.15) is 44.3 Å². The van der Waals surface area contributed by atoms with Gasteiger partial charge in [-0.25, -0.2) is 9.98 Å². The Morgan fingerprint density at radius 1 is 1.48 bits per heavy atom. The lowest BCUT2D eigenvalue weighted by Crippen LogP contribution is -2.45. The summed E-state index contributed by atoms with van der Waals surface area (Å²) in [6.45, 7) is 9.47. The average molecular weight is 310 g/mol. The molecule has 5 nitrogen and oxygen atoms in total. The van der Waals surface area contributed by atoms with Crippen molar-refractivity contribution in [2.45, 2.75) is 52.2 Å². The highest BCUT2D eigenvalue weighted by atomic mass is 32.1. The van der Waals surface area contributed by atoms with Crippen molar-refractivity contribution in [3.05, 3.63) is 16.1 Å². The predicted octanol–water partition coefficient (Wildman–Crippen LogP) is 2.33. The van der Waals surface area contributed by atoms with E-state index in [1.54, 1.807) is 11.3 Å². The number of guanidine groups is 1. The zero-order valence-corrected chi connectivity index (χ0v) is 14.1. The van der Waals surface area contributed by atoms with E-state index in [2.05, 4.69) is 46.8 Å². The number of nitrogens with zero attached hydrogens (tertiary/aromatic N) is 2. The lowest BCUT2D eigenvalue weighted by atomic mass is 10.0. The second kappa shape index (κ2) is 7.75. The summed E-state index contributed by atoms with van der Waals surface area (Å²) in [7, 11) is 0. The monoisotopic (exact) mass is 310 g/mol. The van der Waals surface area contributed by atoms with E-state index in [1.807, 2.05) is 0 Å². The zero-order valence-electron chi connectivity index (χ0n) is 13.2. The molecule has 1 aromatic rings. The molecule has 1 fully saturated rings. The van der Waals surface area contributed by atoms with E-state index in [9.17, 15) is 0 Å². The number of aromatic nitrogens is 1. The van der Waals surface area contributed by atoms with Gasteiger partial charge >= 0.3 is 0 Å². The number of rotatable bonds is 6. The van der Waals surface area contributed by atoms with Crippen molar-refractivity contribution in [2.24, 2.45) is 4.99 Å². The van der Waals surface area contributed by atoms with Gasteiger partial charge in [-0.3, -0.25) is 0 Å². The summed E-state index contributed by atoms with van der Waals surface area (Å²) in [4.78, 5) is 9.15. The minimum absolute atomic E-state index is 0.0633. The van der Waals surface area contributed by atoms with E-state index in [4.69, 9.17) is 4.74 Å². The quantitative estimate of drug-likeness (QED) is 0.625. The summed E-state index contributed by atoms with van der Waals surface area (Å²) in [5.41, 5.74) is 0.976. The van der Waals surface area contributed by atoms with Gasteiger partial charge in [0.25, 0.3) is 0 Å². The fourth-order valence-corrected chi connectivity index (χ4v) is 3.07. The van der Waals surface area contributed by atoms with Crippen LogP contribution in [-0.4, -0.2) is 36.2 Å². The number of hydrogen-bond acceptors (Lipinski definition) is 4. The molecule has 1 saturated heterocycles. The van der Waals surface area contributed by atoms with Gasteiger partial charge < -0.3 is 15.4 Å². The highest BCUT2D eigenvalue weighted by molar-refractivity contribution is 7.09. The van der Waals surface area contributed by atoms with Gasteiger partial charge in [0.05, 0.1) is 22.8 Å². The smallest absolute Gasteiger partial charge is 0.191 e. The number of thiazole rings is 1. The number of nitrogens with one attached hydrogen (secondary N) is 2. The Bertz CT molecular complexity index is 466. The molecular formula is C15H26N4OS. The van der Waals surface area contributed by atoms with E-state index in [1.165, 1.54) is 5.01 Å². The third-order valence-corrected chi connectivity index (χ3v) is 4.62. The van der Waals surface area contributed by atoms with E-state index in [0.29, 0.717) is 6.54 Å². The van der Waals surface area contributed by atoms with E-state index in [-0.39, 0.29) is 5.60 Å². The summed E-state index contributed by atoms with van der Waals surface area (Å²) in [5.74, 6) is 0.834. The molecule has 1 aromatic heterocycles. The lowest BCUT2D eigenvalue weighted by Gasteiger charge is -2.24. The largest absolute Gasteiger partial charge is 0.373 e. The normalized spacial score (nSPS) is 22.5. The highest BCUT2D eigenvalue weighted by Gasteiger charge is 2.29. The van der Waals surface area contributed by atoms with Gasteiger partial charge in [-0.1, -0.05) is 6.92 Å². The third kappa shape index (κ3) is 4.97. The first kappa shape index (κ1) is 16.2. The van der Waals surface area contributed by atoms with Crippen molar-refractivity contribution in [3.8, 4) is 0 Å². The maximum absolute atomic E-state index is 5.79. The van der Waals surface area contributed by atoms with Crippen LogP contribution in [0.3, 0.4) is 0 Å². The first-order chi connectivity index (χ1) is 10.1. The standard InChI is InChI=1S/C15H26N4OS/c1-4-13-19-12(10-21-13)9-17-14(16-5-2)18-11-15(3)7-6-8-20-15/h10H,4-9,11H2,1-3H3,(H2,16,17,18). The predicted molar refractivity (Wildman–Crippen MR) is 87.9 cm³/mol. The second-order valence-electron chi connectivity index (χ2n) is 5.54. The van der Waals surface area contributed by atoms with E-state index < -0.39 is 0 Å². The summed E-state index contributed by atoms with van der Waals surface area (Å²) >= 11 is 1.71. The van der Waals surface area contributed by atoms with Gasteiger partial charge in [0, 0.05) is 25.1 Å². The molecule has 0 bridgehead atoms. The van der Waals surface area contributed by atoms with Crippen LogP contribution < -0.4 is 10.6 Å². The van der Waals surface area contributed by atoms with E-state index in [0.717, 1.165) is 50.6 Å². The molecule has 0 aromatic carbocycles. The van der Waals surface area contributed by atoms with Crippen LogP contribution in [0.5, 0.6) is 0 Å². The Morgan fingerprint density at radius 2 is 2.33 bits per heavy atom. The lowest BCUT2D eigenvalue weighted by molar-refractivity contribution is 0.0243. The molecule has 0 amide bonds. The van der Waals surface area contributed by atoms with Crippen LogP contribution in [0.2, 0.25) is 0 Å². The summed E-state index contributed by atoms with van der Waals surface area (Å²) < 4.78 is 5.79. The van der Waals surface area contributed by atoms with Crippen LogP contribution in [-0.2, 0) is 17.7 Å². The molecule has 6 heteroatoms. The van der Waals surface area contributed by atoms with Crippen molar-refractivity contribution in [2.75, 3.05) is 19.7 Å². The van der Waals surface area contributed by atoms with Crippen LogP contribution in [0, 0.1) is 0 Å². The number of aryl methyl sites for hydroxylation is 1. The molecule has 0 spiro atoms. The molecule has 2 rings (SSSR count). The fourth-order valence-electron chi connectivity index (χ4n) is 2.33. The Morgan fingerprint density at radius 3 is 2.95 bits per heavy atom. The van der Waals surface area contributed by atoms with Gasteiger partial charge in [-0.2, -0.15) is 0 Å². The Labute approximate surface area is 131 Å². The van der Waals surface area contributed by atoms with Gasteiger partial charge in [-0.15, -0.1) is 11.3 Å². The average Bonchev–Trinajstić information content (AvgIpc) is 3.11. The number of ether oxygens (including phenoxy) is 1. The van der Waals surface area contributed by atoms with Crippen LogP contribution in [0.25, 0.3) is 0 Å². The molecule has 0 saturated carbocycles. The number of aliphatic imine (C=N–C) groups is 1. The fraction of sp³-hybridized carbons (Fsp3) is 0.733. The molecule has 1 atom stereocenters. The minimum atomic E-state index is -0.0633. The summed E-state index contributed by atoms with van der Waals surface area (Å²) in [5, 5.41) is 9.92. The SMILES string of the molecule is CCNC(=NCc1csc(CC)n1)NCC1(C)CCCO1. The molecule has 1 aliphatic heterocycles. The first-order valence-corrected chi connectivity index (χ1v) is 8.62. The molecule has 1 aliphatic rings. The summed E-state index contributed by atoms with van der Waals surface area (Å²) in [6.07, 6.45) is 3.23. The van der Waals surface area contributed by atoms with Gasteiger partial charge in [-0.05, 0) is 33.1 Å². The first-order valence-electron chi connectivity index (χ1n) is 7.74. The molecule has 1 unspecified atom stereocenters. The van der Waals surface area contributed by atoms with Crippen molar-refractivity contribution < 1.29 is 4.74 Å². The van der Waals surface area contributed by atoms with Gasteiger partial charge in [0.1, 0.15) is 0 Å². The minimum Gasteiger partial charge on any atom is -0.373 e. The molecule has 2 heterocycles. The van der Waals surface area contributed by atoms with Crippen LogP contribution in [0.15, 0.2) is 10.4 Å². The molecular weight excluding hydrogens is 284 g/mol. The molecule has 0 radical (unpaired) electrons. The summed E-state index contributed by atoms with van der Waals surface area (Å²) in [6, 6.07) is 0. The van der Waals surface area contributed by atoms with Crippen molar-refractivity contribution in [3.63, 3.8) is 0 Å². The van der Waals surface area contributed by atoms with Crippen molar-refractivity contribution in [1.29, 1.82) is 0 Å². The van der Waals surface area contributed by atoms with Crippen molar-refractivity contribution >= 4 is 17.3 Å². The third-order valence-electron chi connectivity index (χ3n) is 3.58.